The van der Waals surface area contributed by atoms with Crippen molar-refractivity contribution in [2.45, 2.75) is 45.7 Å². The molecule has 96 valence electrons. The second kappa shape index (κ2) is 7.45. The van der Waals surface area contributed by atoms with Gasteiger partial charge in [0, 0.05) is 6.54 Å². The molecule has 0 aliphatic rings. The number of methoxy groups -OCH3 is 1. The first-order valence-electron chi connectivity index (χ1n) is 6.02. The summed E-state index contributed by atoms with van der Waals surface area (Å²) >= 11 is 1.69. The maximum atomic E-state index is 11.6. The minimum atomic E-state index is -0.181. The minimum Gasteiger partial charge on any atom is -0.468 e. The fourth-order valence-electron chi connectivity index (χ4n) is 1.65. The average molecular weight is 255 g/mol. The molecule has 0 spiro atoms. The SMILES string of the molecule is CCCCC(NCc1cscc1C)C(=O)OC. The third kappa shape index (κ3) is 4.48. The zero-order valence-electron chi connectivity index (χ0n) is 10.8. The van der Waals surface area contributed by atoms with Crippen molar-refractivity contribution >= 4 is 17.3 Å². The average Bonchev–Trinajstić information content (AvgIpc) is 2.74. The molecule has 0 bridgehead atoms. The van der Waals surface area contributed by atoms with Crippen LogP contribution in [0.5, 0.6) is 0 Å². The van der Waals surface area contributed by atoms with Crippen LogP contribution in [0.25, 0.3) is 0 Å². The number of unbranched alkanes of at least 4 members (excludes halogenated alkanes) is 1. The predicted molar refractivity (Wildman–Crippen MR) is 71.2 cm³/mol. The maximum absolute atomic E-state index is 11.6. The van der Waals surface area contributed by atoms with Crippen LogP contribution in [-0.2, 0) is 16.1 Å². The molecule has 1 atom stereocenters. The fraction of sp³-hybridized carbons (Fsp3) is 0.615. The standard InChI is InChI=1S/C13H21NO2S/c1-4-5-6-12(13(15)16-3)14-7-11-9-17-8-10(11)2/h8-9,12,14H,4-7H2,1-3H3. The normalized spacial score (nSPS) is 12.4. The molecule has 0 saturated heterocycles. The molecule has 1 N–H and O–H groups in total. The lowest BCUT2D eigenvalue weighted by Crippen LogP contribution is -2.37. The van der Waals surface area contributed by atoms with Gasteiger partial charge in [0.15, 0.2) is 0 Å². The Morgan fingerprint density at radius 2 is 2.29 bits per heavy atom. The summed E-state index contributed by atoms with van der Waals surface area (Å²) in [5.74, 6) is -0.161. The smallest absolute Gasteiger partial charge is 0.322 e. The van der Waals surface area contributed by atoms with Gasteiger partial charge in [0.25, 0.3) is 0 Å². The Labute approximate surface area is 107 Å². The molecular weight excluding hydrogens is 234 g/mol. The lowest BCUT2D eigenvalue weighted by molar-refractivity contribution is -0.143. The zero-order valence-corrected chi connectivity index (χ0v) is 11.6. The first-order chi connectivity index (χ1) is 8.19. The van der Waals surface area contributed by atoms with Crippen LogP contribution in [0.2, 0.25) is 0 Å². The highest BCUT2D eigenvalue weighted by Gasteiger charge is 2.17. The van der Waals surface area contributed by atoms with Crippen molar-refractivity contribution in [2.24, 2.45) is 0 Å². The van der Waals surface area contributed by atoms with Gasteiger partial charge in [-0.2, -0.15) is 11.3 Å². The number of thiophene rings is 1. The first kappa shape index (κ1) is 14.2. The zero-order chi connectivity index (χ0) is 12.7. The van der Waals surface area contributed by atoms with E-state index in [-0.39, 0.29) is 12.0 Å². The summed E-state index contributed by atoms with van der Waals surface area (Å²) in [5, 5.41) is 7.52. The Hall–Kier alpha value is -0.870. The quantitative estimate of drug-likeness (QED) is 0.761. The summed E-state index contributed by atoms with van der Waals surface area (Å²) < 4.78 is 4.81. The van der Waals surface area contributed by atoms with Crippen LogP contribution in [0.15, 0.2) is 10.8 Å². The van der Waals surface area contributed by atoms with Crippen molar-refractivity contribution in [3.05, 3.63) is 21.9 Å². The van der Waals surface area contributed by atoms with Crippen molar-refractivity contribution in [1.82, 2.24) is 5.32 Å². The summed E-state index contributed by atoms with van der Waals surface area (Å²) in [7, 11) is 1.44. The summed E-state index contributed by atoms with van der Waals surface area (Å²) in [6, 6.07) is -0.181. The molecule has 1 heterocycles. The number of hydrogen-bond acceptors (Lipinski definition) is 4. The lowest BCUT2D eigenvalue weighted by Gasteiger charge is -2.16. The van der Waals surface area contributed by atoms with Crippen LogP contribution >= 0.6 is 11.3 Å². The van der Waals surface area contributed by atoms with Crippen molar-refractivity contribution in [2.75, 3.05) is 7.11 Å². The molecule has 1 aromatic rings. The molecule has 4 heteroatoms. The van der Waals surface area contributed by atoms with E-state index in [4.69, 9.17) is 4.74 Å². The number of nitrogens with one attached hydrogen (secondary N) is 1. The molecule has 17 heavy (non-hydrogen) atoms. The van der Waals surface area contributed by atoms with E-state index in [1.54, 1.807) is 11.3 Å². The third-order valence-corrected chi connectivity index (χ3v) is 3.74. The molecule has 3 nitrogen and oxygen atoms in total. The maximum Gasteiger partial charge on any atom is 0.322 e. The second-order valence-corrected chi connectivity index (χ2v) is 4.92. The van der Waals surface area contributed by atoms with Crippen LogP contribution in [0.4, 0.5) is 0 Å². The molecule has 0 amide bonds. The molecule has 0 aliphatic carbocycles. The van der Waals surface area contributed by atoms with E-state index in [9.17, 15) is 4.79 Å². The summed E-state index contributed by atoms with van der Waals surface area (Å²) in [5.41, 5.74) is 2.54. The van der Waals surface area contributed by atoms with E-state index in [1.807, 2.05) is 0 Å². The van der Waals surface area contributed by atoms with Crippen molar-refractivity contribution in [3.63, 3.8) is 0 Å². The molecular formula is C13H21NO2S. The number of hydrogen-bond donors (Lipinski definition) is 1. The van der Waals surface area contributed by atoms with Gasteiger partial charge in [0.1, 0.15) is 6.04 Å². The van der Waals surface area contributed by atoms with Crippen LogP contribution in [-0.4, -0.2) is 19.1 Å². The van der Waals surface area contributed by atoms with Gasteiger partial charge in [-0.1, -0.05) is 19.8 Å². The van der Waals surface area contributed by atoms with Crippen LogP contribution in [0, 0.1) is 6.92 Å². The molecule has 1 rings (SSSR count). The number of carbonyl (C=O) groups is 1. The minimum absolute atomic E-state index is 0.161. The Morgan fingerprint density at radius 1 is 1.53 bits per heavy atom. The molecule has 0 fully saturated rings. The van der Waals surface area contributed by atoms with Crippen molar-refractivity contribution < 1.29 is 9.53 Å². The molecule has 0 aromatic carbocycles. The van der Waals surface area contributed by atoms with E-state index in [2.05, 4.69) is 29.9 Å². The number of esters is 1. The monoisotopic (exact) mass is 255 g/mol. The van der Waals surface area contributed by atoms with E-state index < -0.39 is 0 Å². The lowest BCUT2D eigenvalue weighted by atomic mass is 10.1. The number of aryl methyl sites for hydroxylation is 1. The van der Waals surface area contributed by atoms with Gasteiger partial charge in [-0.15, -0.1) is 0 Å². The molecule has 0 aliphatic heterocycles. The summed E-state index contributed by atoms with van der Waals surface area (Å²) in [6.45, 7) is 4.95. The predicted octanol–water partition coefficient (Wildman–Crippen LogP) is 2.88. The van der Waals surface area contributed by atoms with Crippen LogP contribution in [0.1, 0.15) is 37.3 Å². The van der Waals surface area contributed by atoms with Gasteiger partial charge in [-0.25, -0.2) is 0 Å². The number of rotatable bonds is 7. The van der Waals surface area contributed by atoms with Gasteiger partial charge in [0.05, 0.1) is 7.11 Å². The summed E-state index contributed by atoms with van der Waals surface area (Å²) in [4.78, 5) is 11.6. The Bertz CT molecular complexity index is 349. The van der Waals surface area contributed by atoms with E-state index in [0.717, 1.165) is 25.8 Å². The van der Waals surface area contributed by atoms with Crippen molar-refractivity contribution in [1.29, 1.82) is 0 Å². The highest BCUT2D eigenvalue weighted by molar-refractivity contribution is 7.08. The summed E-state index contributed by atoms with van der Waals surface area (Å²) in [6.07, 6.45) is 2.97. The molecule has 0 radical (unpaired) electrons. The second-order valence-electron chi connectivity index (χ2n) is 4.18. The van der Waals surface area contributed by atoms with Crippen molar-refractivity contribution in [3.8, 4) is 0 Å². The Balaban J connectivity index is 2.48. The number of carbonyl (C=O) groups excluding carboxylic acids is 1. The Morgan fingerprint density at radius 3 is 2.82 bits per heavy atom. The van der Waals surface area contributed by atoms with Crippen LogP contribution < -0.4 is 5.32 Å². The number of ether oxygens (including phenoxy) is 1. The molecule has 1 aromatic heterocycles. The highest BCUT2D eigenvalue weighted by Crippen LogP contribution is 2.14. The van der Waals surface area contributed by atoms with E-state index >= 15 is 0 Å². The fourth-order valence-corrected chi connectivity index (χ4v) is 2.51. The molecule has 0 saturated carbocycles. The molecule has 1 unspecified atom stereocenters. The largest absolute Gasteiger partial charge is 0.468 e. The van der Waals surface area contributed by atoms with Gasteiger partial charge in [0.2, 0.25) is 0 Å². The first-order valence-corrected chi connectivity index (χ1v) is 6.96. The topological polar surface area (TPSA) is 38.3 Å². The van der Waals surface area contributed by atoms with Crippen LogP contribution in [0.3, 0.4) is 0 Å². The third-order valence-electron chi connectivity index (χ3n) is 2.83. The highest BCUT2D eigenvalue weighted by atomic mass is 32.1. The van der Waals surface area contributed by atoms with Gasteiger partial charge in [-0.05, 0) is 35.2 Å². The van der Waals surface area contributed by atoms with E-state index in [0.29, 0.717) is 0 Å². The van der Waals surface area contributed by atoms with Gasteiger partial charge in [-0.3, -0.25) is 4.79 Å². The van der Waals surface area contributed by atoms with E-state index in [1.165, 1.54) is 18.2 Å². The van der Waals surface area contributed by atoms with Gasteiger partial charge >= 0.3 is 5.97 Å². The Kier molecular flexibility index (Phi) is 6.22. The van der Waals surface area contributed by atoms with Gasteiger partial charge < -0.3 is 10.1 Å².